The topological polar surface area (TPSA) is 35.2 Å². The van der Waals surface area contributed by atoms with Crippen LogP contribution in [0.4, 0.5) is 0 Å². The molecule has 1 aromatic heterocycles. The molecule has 0 saturated carbocycles. The van der Waals surface area contributed by atoms with Crippen molar-refractivity contribution < 1.29 is 4.74 Å². The Labute approximate surface area is 100 Å². The molecule has 15 heavy (non-hydrogen) atoms. The van der Waals surface area contributed by atoms with E-state index in [1.807, 2.05) is 0 Å². The third-order valence-corrected chi connectivity index (χ3v) is 3.18. The first kappa shape index (κ1) is 12.6. The number of nitrogens with two attached hydrogens (primary N) is 1. The predicted molar refractivity (Wildman–Crippen MR) is 69.5 cm³/mol. The molecule has 0 fully saturated rings. The van der Waals surface area contributed by atoms with Gasteiger partial charge in [0.2, 0.25) is 0 Å². The van der Waals surface area contributed by atoms with Gasteiger partial charge in [0, 0.05) is 17.9 Å². The van der Waals surface area contributed by atoms with Crippen LogP contribution in [0.5, 0.6) is 0 Å². The summed E-state index contributed by atoms with van der Waals surface area (Å²) >= 11 is 6.57. The zero-order valence-electron chi connectivity index (χ0n) is 8.78. The Morgan fingerprint density at radius 3 is 2.93 bits per heavy atom. The molecular formula is C11H17NOS2. The van der Waals surface area contributed by atoms with Crippen molar-refractivity contribution in [3.63, 3.8) is 0 Å². The highest BCUT2D eigenvalue weighted by Crippen LogP contribution is 2.09. The summed E-state index contributed by atoms with van der Waals surface area (Å²) in [4.78, 5) is 1.99. The average Bonchev–Trinajstić information content (AvgIpc) is 2.68. The molecule has 0 atom stereocenters. The van der Waals surface area contributed by atoms with Crippen LogP contribution in [0.15, 0.2) is 17.5 Å². The smallest absolute Gasteiger partial charge is 0.0727 e. The number of ether oxygens (including phenoxy) is 1. The van der Waals surface area contributed by atoms with Gasteiger partial charge in [-0.15, -0.1) is 11.3 Å². The molecule has 0 bridgehead atoms. The second-order valence-electron chi connectivity index (χ2n) is 3.37. The van der Waals surface area contributed by atoms with Gasteiger partial charge in [0.15, 0.2) is 0 Å². The second-order valence-corrected chi connectivity index (χ2v) is 4.92. The fraction of sp³-hybridized carbons (Fsp3) is 0.545. The van der Waals surface area contributed by atoms with Crippen LogP contribution in [0.2, 0.25) is 0 Å². The van der Waals surface area contributed by atoms with Crippen LogP contribution in [0.25, 0.3) is 0 Å². The third kappa shape index (κ3) is 6.60. The van der Waals surface area contributed by atoms with Crippen LogP contribution in [0.3, 0.4) is 0 Å². The van der Waals surface area contributed by atoms with Crippen LogP contribution in [-0.4, -0.2) is 18.2 Å². The first-order chi connectivity index (χ1) is 7.29. The maximum atomic E-state index is 5.51. The molecule has 84 valence electrons. The summed E-state index contributed by atoms with van der Waals surface area (Å²) in [5.41, 5.74) is 5.39. The molecule has 1 heterocycles. The van der Waals surface area contributed by atoms with E-state index in [1.165, 1.54) is 4.88 Å². The van der Waals surface area contributed by atoms with Crippen molar-refractivity contribution in [2.45, 2.75) is 25.7 Å². The van der Waals surface area contributed by atoms with E-state index in [1.54, 1.807) is 11.3 Å². The highest BCUT2D eigenvalue weighted by molar-refractivity contribution is 7.80. The summed E-state index contributed by atoms with van der Waals surface area (Å²) in [5.74, 6) is 0. The Kier molecular flexibility index (Phi) is 6.55. The Hall–Kier alpha value is -0.450. The summed E-state index contributed by atoms with van der Waals surface area (Å²) in [6, 6.07) is 4.21. The molecule has 0 saturated heterocycles. The van der Waals surface area contributed by atoms with Gasteiger partial charge < -0.3 is 10.5 Å². The highest BCUT2D eigenvalue weighted by Gasteiger charge is 1.95. The molecule has 0 aromatic carbocycles. The maximum absolute atomic E-state index is 5.51. The van der Waals surface area contributed by atoms with Gasteiger partial charge in [0.25, 0.3) is 0 Å². The van der Waals surface area contributed by atoms with Gasteiger partial charge >= 0.3 is 0 Å². The van der Waals surface area contributed by atoms with Crippen molar-refractivity contribution in [1.29, 1.82) is 0 Å². The minimum absolute atomic E-state index is 0.605. The Morgan fingerprint density at radius 1 is 1.40 bits per heavy atom. The molecule has 1 aromatic rings. The molecule has 0 unspecified atom stereocenters. The number of hydrogen-bond donors (Lipinski definition) is 1. The summed E-state index contributed by atoms with van der Waals surface area (Å²) < 4.78 is 5.51. The monoisotopic (exact) mass is 243 g/mol. The Morgan fingerprint density at radius 2 is 2.27 bits per heavy atom. The number of thiophene rings is 1. The van der Waals surface area contributed by atoms with Crippen molar-refractivity contribution in [1.82, 2.24) is 0 Å². The van der Waals surface area contributed by atoms with E-state index in [9.17, 15) is 0 Å². The van der Waals surface area contributed by atoms with Crippen molar-refractivity contribution in [3.8, 4) is 0 Å². The van der Waals surface area contributed by atoms with E-state index in [0.29, 0.717) is 4.99 Å². The normalized spacial score (nSPS) is 10.4. The van der Waals surface area contributed by atoms with Gasteiger partial charge in [-0.2, -0.15) is 0 Å². The van der Waals surface area contributed by atoms with E-state index in [2.05, 4.69) is 17.5 Å². The molecule has 1 rings (SSSR count). The minimum Gasteiger partial charge on any atom is -0.393 e. The number of rotatable bonds is 8. The van der Waals surface area contributed by atoms with E-state index in [4.69, 9.17) is 22.7 Å². The highest BCUT2D eigenvalue weighted by atomic mass is 32.1. The van der Waals surface area contributed by atoms with Crippen molar-refractivity contribution >= 4 is 28.5 Å². The van der Waals surface area contributed by atoms with Crippen LogP contribution >= 0.6 is 23.6 Å². The first-order valence-corrected chi connectivity index (χ1v) is 6.46. The van der Waals surface area contributed by atoms with Crippen molar-refractivity contribution in [2.75, 3.05) is 13.2 Å². The lowest BCUT2D eigenvalue weighted by Crippen LogP contribution is -2.07. The SMILES string of the molecule is NC(=S)CCCCOCCc1cccs1. The first-order valence-electron chi connectivity index (χ1n) is 5.17. The molecule has 0 aliphatic carbocycles. The van der Waals surface area contributed by atoms with Gasteiger partial charge in [-0.05, 0) is 30.7 Å². The number of unbranched alkanes of at least 4 members (excludes halogenated alkanes) is 1. The van der Waals surface area contributed by atoms with Gasteiger partial charge in [-0.25, -0.2) is 0 Å². The molecule has 0 aliphatic heterocycles. The molecule has 2 nitrogen and oxygen atoms in total. The number of thiocarbonyl (C=S) groups is 1. The van der Waals surface area contributed by atoms with Gasteiger partial charge in [0.1, 0.15) is 0 Å². The molecule has 0 amide bonds. The largest absolute Gasteiger partial charge is 0.393 e. The fourth-order valence-electron chi connectivity index (χ4n) is 1.23. The molecule has 0 aliphatic rings. The standard InChI is InChI=1S/C11H17NOS2/c12-11(14)5-1-2-7-13-8-6-10-4-3-9-15-10/h3-4,9H,1-2,5-8H2,(H2,12,14). The summed E-state index contributed by atoms with van der Waals surface area (Å²) in [6.45, 7) is 1.63. The van der Waals surface area contributed by atoms with Crippen LogP contribution < -0.4 is 5.73 Å². The zero-order valence-corrected chi connectivity index (χ0v) is 10.4. The van der Waals surface area contributed by atoms with Crippen molar-refractivity contribution in [3.05, 3.63) is 22.4 Å². The van der Waals surface area contributed by atoms with Gasteiger partial charge in [-0.3, -0.25) is 0 Å². The molecule has 0 radical (unpaired) electrons. The Balaban J connectivity index is 1.87. The summed E-state index contributed by atoms with van der Waals surface area (Å²) in [7, 11) is 0. The van der Waals surface area contributed by atoms with Crippen LogP contribution in [0.1, 0.15) is 24.1 Å². The minimum atomic E-state index is 0.605. The fourth-order valence-corrected chi connectivity index (χ4v) is 2.07. The zero-order chi connectivity index (χ0) is 10.9. The lowest BCUT2D eigenvalue weighted by molar-refractivity contribution is 0.134. The lowest BCUT2D eigenvalue weighted by atomic mass is 10.2. The molecule has 2 N–H and O–H groups in total. The lowest BCUT2D eigenvalue weighted by Gasteiger charge is -2.02. The van der Waals surface area contributed by atoms with E-state index < -0.39 is 0 Å². The average molecular weight is 243 g/mol. The number of hydrogen-bond acceptors (Lipinski definition) is 3. The van der Waals surface area contributed by atoms with E-state index in [-0.39, 0.29) is 0 Å². The second kappa shape index (κ2) is 7.79. The molecular weight excluding hydrogens is 226 g/mol. The maximum Gasteiger partial charge on any atom is 0.0727 e. The summed E-state index contributed by atoms with van der Waals surface area (Å²) in [5, 5.41) is 2.09. The molecule has 4 heteroatoms. The van der Waals surface area contributed by atoms with Crippen molar-refractivity contribution in [2.24, 2.45) is 5.73 Å². The van der Waals surface area contributed by atoms with Gasteiger partial charge in [-0.1, -0.05) is 18.3 Å². The van der Waals surface area contributed by atoms with Crippen LogP contribution in [-0.2, 0) is 11.2 Å². The Bertz CT molecular complexity index is 272. The predicted octanol–water partition coefficient (Wildman–Crippen LogP) is 2.76. The van der Waals surface area contributed by atoms with E-state index in [0.717, 1.165) is 38.9 Å². The van der Waals surface area contributed by atoms with Gasteiger partial charge in [0.05, 0.1) is 11.6 Å². The molecule has 0 spiro atoms. The summed E-state index contributed by atoms with van der Waals surface area (Å²) in [6.07, 6.45) is 3.94. The quantitative estimate of drug-likeness (QED) is 0.563. The van der Waals surface area contributed by atoms with Crippen LogP contribution in [0, 0.1) is 0 Å². The third-order valence-electron chi connectivity index (χ3n) is 2.03. The van der Waals surface area contributed by atoms with E-state index >= 15 is 0 Å².